The third-order valence-electron chi connectivity index (χ3n) is 1.91. The summed E-state index contributed by atoms with van der Waals surface area (Å²) in [4.78, 5) is 11.1. The maximum Gasteiger partial charge on any atom is 0.238 e. The van der Waals surface area contributed by atoms with E-state index in [1.54, 1.807) is 0 Å². The second kappa shape index (κ2) is 6.82. The Balaban J connectivity index is 0.00000196. The smallest absolute Gasteiger partial charge is 0.238 e. The van der Waals surface area contributed by atoms with Crippen LogP contribution in [0, 0.1) is 0 Å². The lowest BCUT2D eigenvalue weighted by Gasteiger charge is -2.09. The first kappa shape index (κ1) is 14.4. The molecule has 0 saturated heterocycles. The molecule has 0 aromatic heterocycles. The molecule has 0 heterocycles. The van der Waals surface area contributed by atoms with Crippen molar-refractivity contribution in [3.05, 3.63) is 28.2 Å². The molecule has 1 aromatic rings. The van der Waals surface area contributed by atoms with Crippen LogP contribution in [0.25, 0.3) is 0 Å². The van der Waals surface area contributed by atoms with E-state index in [1.165, 1.54) is 0 Å². The Morgan fingerprint density at radius 2 is 2.20 bits per heavy atom. The minimum absolute atomic E-state index is 0. The van der Waals surface area contributed by atoms with E-state index in [9.17, 15) is 4.79 Å². The van der Waals surface area contributed by atoms with Crippen molar-refractivity contribution in [3.63, 3.8) is 0 Å². The van der Waals surface area contributed by atoms with Crippen LogP contribution in [-0.2, 0) is 11.2 Å². The number of carbonyl (C=O) groups is 1. The Labute approximate surface area is 104 Å². The molecule has 1 rings (SSSR count). The summed E-state index contributed by atoms with van der Waals surface area (Å²) in [6.07, 6.45) is 0.875. The molecular formula is C10H14BrClN2O. The zero-order valence-corrected chi connectivity index (χ0v) is 10.8. The van der Waals surface area contributed by atoms with E-state index in [1.807, 2.05) is 25.1 Å². The minimum Gasteiger partial charge on any atom is -0.325 e. The maximum absolute atomic E-state index is 11.1. The summed E-state index contributed by atoms with van der Waals surface area (Å²) in [6, 6.07) is 5.76. The van der Waals surface area contributed by atoms with Gasteiger partial charge in [-0.05, 0) is 30.2 Å². The van der Waals surface area contributed by atoms with Gasteiger partial charge in [-0.15, -0.1) is 12.4 Å². The summed E-state index contributed by atoms with van der Waals surface area (Å²) >= 11 is 3.38. The molecule has 0 aliphatic heterocycles. The molecule has 0 saturated carbocycles. The number of amides is 1. The van der Waals surface area contributed by atoms with Gasteiger partial charge in [0.25, 0.3) is 0 Å². The van der Waals surface area contributed by atoms with E-state index in [2.05, 4.69) is 21.2 Å². The number of halogens is 2. The van der Waals surface area contributed by atoms with Gasteiger partial charge in [0.1, 0.15) is 0 Å². The van der Waals surface area contributed by atoms with Gasteiger partial charge < -0.3 is 11.1 Å². The molecule has 5 heteroatoms. The number of rotatable bonds is 3. The summed E-state index contributed by atoms with van der Waals surface area (Å²) in [5.41, 5.74) is 7.16. The highest BCUT2D eigenvalue weighted by atomic mass is 79.9. The van der Waals surface area contributed by atoms with Crippen LogP contribution in [0.3, 0.4) is 0 Å². The van der Waals surface area contributed by atoms with E-state index in [0.717, 1.165) is 22.1 Å². The standard InChI is InChI=1S/C10H13BrN2O.ClH/c1-2-7-5-8(11)3-4-9(7)13-10(14)6-12;/h3-5H,2,6,12H2,1H3,(H,13,14);1H. The third kappa shape index (κ3) is 4.20. The second-order valence-corrected chi connectivity index (χ2v) is 3.82. The number of nitrogens with one attached hydrogen (secondary N) is 1. The topological polar surface area (TPSA) is 55.1 Å². The average molecular weight is 294 g/mol. The highest BCUT2D eigenvalue weighted by Crippen LogP contribution is 2.21. The van der Waals surface area contributed by atoms with Gasteiger partial charge in [-0.1, -0.05) is 22.9 Å². The number of hydrogen-bond donors (Lipinski definition) is 2. The van der Waals surface area contributed by atoms with Crippen molar-refractivity contribution in [1.82, 2.24) is 0 Å². The van der Waals surface area contributed by atoms with Crippen molar-refractivity contribution in [2.75, 3.05) is 11.9 Å². The first-order valence-corrected chi connectivity index (χ1v) is 5.25. The molecule has 3 nitrogen and oxygen atoms in total. The molecule has 0 aliphatic carbocycles. The van der Waals surface area contributed by atoms with Crippen molar-refractivity contribution in [3.8, 4) is 0 Å². The first-order valence-electron chi connectivity index (χ1n) is 4.45. The Kier molecular flexibility index (Phi) is 6.56. The van der Waals surface area contributed by atoms with Gasteiger partial charge in [-0.2, -0.15) is 0 Å². The summed E-state index contributed by atoms with van der Waals surface area (Å²) in [7, 11) is 0. The Morgan fingerprint density at radius 3 is 2.73 bits per heavy atom. The van der Waals surface area contributed by atoms with Crippen LogP contribution >= 0.6 is 28.3 Å². The molecule has 0 spiro atoms. The number of nitrogens with two attached hydrogens (primary N) is 1. The fourth-order valence-electron chi connectivity index (χ4n) is 1.18. The zero-order valence-electron chi connectivity index (χ0n) is 8.42. The molecular weight excluding hydrogens is 279 g/mol. The highest BCUT2D eigenvalue weighted by Gasteiger charge is 2.04. The van der Waals surface area contributed by atoms with Gasteiger partial charge in [0, 0.05) is 10.2 Å². The lowest BCUT2D eigenvalue weighted by Crippen LogP contribution is -2.22. The van der Waals surface area contributed by atoms with E-state index < -0.39 is 0 Å². The zero-order chi connectivity index (χ0) is 10.6. The van der Waals surface area contributed by atoms with E-state index >= 15 is 0 Å². The Hall–Kier alpha value is -0.580. The van der Waals surface area contributed by atoms with Crippen molar-refractivity contribution in [2.24, 2.45) is 5.73 Å². The summed E-state index contributed by atoms with van der Waals surface area (Å²) in [5, 5.41) is 2.75. The number of carbonyl (C=O) groups excluding carboxylic acids is 1. The number of anilines is 1. The number of aryl methyl sites for hydroxylation is 1. The van der Waals surface area contributed by atoms with Crippen molar-refractivity contribution in [2.45, 2.75) is 13.3 Å². The largest absolute Gasteiger partial charge is 0.325 e. The molecule has 0 bridgehead atoms. The maximum atomic E-state index is 11.1. The Bertz CT molecular complexity index is 344. The van der Waals surface area contributed by atoms with Crippen LogP contribution < -0.4 is 11.1 Å². The van der Waals surface area contributed by atoms with Gasteiger partial charge in [-0.3, -0.25) is 4.79 Å². The fraction of sp³-hybridized carbons (Fsp3) is 0.300. The van der Waals surface area contributed by atoms with Crippen LogP contribution in [0.4, 0.5) is 5.69 Å². The van der Waals surface area contributed by atoms with Crippen LogP contribution in [0.5, 0.6) is 0 Å². The predicted molar refractivity (Wildman–Crippen MR) is 68.5 cm³/mol. The van der Waals surface area contributed by atoms with Crippen LogP contribution in [0.2, 0.25) is 0 Å². The highest BCUT2D eigenvalue weighted by molar-refractivity contribution is 9.10. The molecule has 15 heavy (non-hydrogen) atoms. The molecule has 1 aromatic carbocycles. The van der Waals surface area contributed by atoms with E-state index in [4.69, 9.17) is 5.73 Å². The minimum atomic E-state index is -0.165. The molecule has 0 fully saturated rings. The van der Waals surface area contributed by atoms with Crippen molar-refractivity contribution in [1.29, 1.82) is 0 Å². The molecule has 0 unspecified atom stereocenters. The molecule has 84 valence electrons. The molecule has 0 radical (unpaired) electrons. The predicted octanol–water partition coefficient (Wildman–Crippen LogP) is 2.33. The first-order chi connectivity index (χ1) is 6.67. The summed E-state index contributed by atoms with van der Waals surface area (Å²) in [6.45, 7) is 2.05. The third-order valence-corrected chi connectivity index (χ3v) is 2.40. The lowest BCUT2D eigenvalue weighted by atomic mass is 10.1. The molecule has 1 amide bonds. The molecule has 0 atom stereocenters. The average Bonchev–Trinajstić information content (AvgIpc) is 2.20. The second-order valence-electron chi connectivity index (χ2n) is 2.91. The summed E-state index contributed by atoms with van der Waals surface area (Å²) < 4.78 is 1.01. The van der Waals surface area contributed by atoms with Crippen molar-refractivity contribution < 1.29 is 4.79 Å². The summed E-state index contributed by atoms with van der Waals surface area (Å²) in [5.74, 6) is -0.165. The number of hydrogen-bond acceptors (Lipinski definition) is 2. The monoisotopic (exact) mass is 292 g/mol. The van der Waals surface area contributed by atoms with Crippen LogP contribution in [0.15, 0.2) is 22.7 Å². The molecule has 3 N–H and O–H groups in total. The Morgan fingerprint density at radius 1 is 1.53 bits per heavy atom. The lowest BCUT2D eigenvalue weighted by molar-refractivity contribution is -0.114. The van der Waals surface area contributed by atoms with Gasteiger partial charge in [0.15, 0.2) is 0 Å². The normalized spacial score (nSPS) is 9.27. The quantitative estimate of drug-likeness (QED) is 0.898. The SMILES string of the molecule is CCc1cc(Br)ccc1NC(=O)CN.Cl. The van der Waals surface area contributed by atoms with E-state index in [-0.39, 0.29) is 24.9 Å². The van der Waals surface area contributed by atoms with Gasteiger partial charge >= 0.3 is 0 Å². The van der Waals surface area contributed by atoms with Gasteiger partial charge in [0.05, 0.1) is 6.54 Å². The number of benzene rings is 1. The van der Waals surface area contributed by atoms with Gasteiger partial charge in [-0.25, -0.2) is 0 Å². The molecule has 0 aliphatic rings. The van der Waals surface area contributed by atoms with Crippen LogP contribution in [0.1, 0.15) is 12.5 Å². The van der Waals surface area contributed by atoms with Crippen LogP contribution in [-0.4, -0.2) is 12.5 Å². The van der Waals surface area contributed by atoms with Gasteiger partial charge in [0.2, 0.25) is 5.91 Å². The fourth-order valence-corrected chi connectivity index (χ4v) is 1.59. The van der Waals surface area contributed by atoms with E-state index in [0.29, 0.717) is 0 Å². The van der Waals surface area contributed by atoms with Crippen molar-refractivity contribution >= 4 is 39.9 Å².